The summed E-state index contributed by atoms with van der Waals surface area (Å²) in [4.78, 5) is 36.6. The van der Waals surface area contributed by atoms with Crippen molar-refractivity contribution in [3.63, 3.8) is 0 Å². The molecule has 36 heavy (non-hydrogen) atoms. The fourth-order valence-electron chi connectivity index (χ4n) is 4.46. The zero-order valence-electron chi connectivity index (χ0n) is 18.6. The average Bonchev–Trinajstić information content (AvgIpc) is 3.67. The van der Waals surface area contributed by atoms with Gasteiger partial charge in [0.1, 0.15) is 23.8 Å². The largest absolute Gasteiger partial charge is 0.445 e. The van der Waals surface area contributed by atoms with Crippen molar-refractivity contribution in [3.8, 4) is 28.9 Å². The summed E-state index contributed by atoms with van der Waals surface area (Å²) < 4.78 is 48.2. The highest BCUT2D eigenvalue weighted by atomic mass is 35.5. The molecule has 0 bridgehead atoms. The van der Waals surface area contributed by atoms with Crippen LogP contribution in [0.4, 0.5) is 19.0 Å². The molecule has 0 amide bonds. The number of nitriles is 1. The number of ether oxygens (including phenoxy) is 1. The lowest BCUT2D eigenvalue weighted by Crippen LogP contribution is -2.62. The van der Waals surface area contributed by atoms with Crippen LogP contribution in [0.3, 0.4) is 0 Å². The minimum absolute atomic E-state index is 0.0171. The Morgan fingerprint density at radius 2 is 2.00 bits per heavy atom. The molecule has 9 nitrogen and oxygen atoms in total. The van der Waals surface area contributed by atoms with Crippen LogP contribution in [0, 0.1) is 23.1 Å². The van der Waals surface area contributed by atoms with E-state index in [0.29, 0.717) is 4.57 Å². The van der Waals surface area contributed by atoms with E-state index in [2.05, 4.69) is 14.7 Å². The molecule has 1 saturated heterocycles. The van der Waals surface area contributed by atoms with Crippen LogP contribution >= 0.6 is 11.6 Å². The van der Waals surface area contributed by atoms with E-state index < -0.39 is 36.1 Å². The number of halogens is 4. The Labute approximate surface area is 207 Å². The lowest BCUT2D eigenvalue weighted by atomic mass is 9.90. The monoisotopic (exact) mass is 518 g/mol. The van der Waals surface area contributed by atoms with Crippen LogP contribution in [0.2, 0.25) is 5.02 Å². The summed E-state index contributed by atoms with van der Waals surface area (Å²) in [7, 11) is 0. The maximum absolute atomic E-state index is 15.2. The summed E-state index contributed by atoms with van der Waals surface area (Å²) in [6, 6.07) is 5.44. The second-order valence-corrected chi connectivity index (χ2v) is 9.04. The number of benzene rings is 1. The van der Waals surface area contributed by atoms with Crippen LogP contribution in [-0.2, 0) is 6.54 Å². The Balaban J connectivity index is 1.78. The normalized spacial score (nSPS) is 16.4. The Bertz CT molecular complexity index is 1510. The van der Waals surface area contributed by atoms with Crippen molar-refractivity contribution in [3.05, 3.63) is 62.3 Å². The van der Waals surface area contributed by atoms with Gasteiger partial charge in [0.2, 0.25) is 12.7 Å². The highest BCUT2D eigenvalue weighted by Crippen LogP contribution is 2.49. The van der Waals surface area contributed by atoms with Crippen LogP contribution in [-0.4, -0.2) is 44.7 Å². The fraction of sp³-hybridized carbons (Fsp3) is 0.348. The van der Waals surface area contributed by atoms with Crippen LogP contribution in [0.1, 0.15) is 12.8 Å². The van der Waals surface area contributed by atoms with Crippen molar-refractivity contribution in [1.29, 1.82) is 5.26 Å². The van der Waals surface area contributed by atoms with Gasteiger partial charge in [0.05, 0.1) is 42.1 Å². The van der Waals surface area contributed by atoms with E-state index in [1.807, 2.05) is 6.07 Å². The van der Waals surface area contributed by atoms with Crippen molar-refractivity contribution in [1.82, 2.24) is 19.1 Å². The zero-order valence-corrected chi connectivity index (χ0v) is 19.4. The molecule has 0 unspecified atom stereocenters. The number of hydrogen-bond acceptors (Lipinski definition) is 7. The third-order valence-electron chi connectivity index (χ3n) is 6.30. The van der Waals surface area contributed by atoms with E-state index in [1.165, 1.54) is 17.0 Å². The first-order chi connectivity index (χ1) is 17.3. The molecule has 1 aliphatic carbocycles. The van der Waals surface area contributed by atoms with Gasteiger partial charge >= 0.3 is 5.69 Å². The second-order valence-electron chi connectivity index (χ2n) is 8.63. The van der Waals surface area contributed by atoms with Gasteiger partial charge in [-0.05, 0) is 36.5 Å². The van der Waals surface area contributed by atoms with Crippen molar-refractivity contribution in [2.24, 2.45) is 5.92 Å². The predicted octanol–water partition coefficient (Wildman–Crippen LogP) is 3.02. The quantitative estimate of drug-likeness (QED) is 0.473. The molecule has 2 aliphatic rings. The van der Waals surface area contributed by atoms with E-state index in [-0.39, 0.29) is 52.7 Å². The summed E-state index contributed by atoms with van der Waals surface area (Å²) >= 11 is 5.98. The number of alkyl halides is 2. The van der Waals surface area contributed by atoms with Gasteiger partial charge in [0.15, 0.2) is 5.82 Å². The Hall–Kier alpha value is -3.85. The van der Waals surface area contributed by atoms with E-state index in [4.69, 9.17) is 11.6 Å². The molecular weight excluding hydrogens is 501 g/mol. The number of anilines is 1. The molecule has 0 atom stereocenters. The summed E-state index contributed by atoms with van der Waals surface area (Å²) in [5, 5.41) is 9.20. The molecular formula is C23H18ClF3N6O3. The molecule has 0 spiro atoms. The first kappa shape index (κ1) is 23.9. The summed E-state index contributed by atoms with van der Waals surface area (Å²) in [6.45, 7) is -1.85. The van der Waals surface area contributed by atoms with Crippen molar-refractivity contribution in [2.45, 2.75) is 25.1 Å². The molecule has 3 aromatic rings. The van der Waals surface area contributed by atoms with Crippen molar-refractivity contribution < 1.29 is 17.9 Å². The molecule has 1 aliphatic heterocycles. The van der Waals surface area contributed by atoms with Crippen LogP contribution < -0.4 is 20.9 Å². The second kappa shape index (κ2) is 8.98. The first-order valence-corrected chi connectivity index (χ1v) is 11.3. The molecule has 0 radical (unpaired) electrons. The lowest BCUT2D eigenvalue weighted by molar-refractivity contribution is 0.0918. The number of aromatic nitrogens is 4. The molecule has 186 valence electrons. The summed E-state index contributed by atoms with van der Waals surface area (Å²) in [6.07, 6.45) is 3.70. The third-order valence-corrected chi connectivity index (χ3v) is 6.59. The number of nitrogens with zero attached hydrogens (tertiary/aromatic N) is 6. The molecule has 5 rings (SSSR count). The Kier molecular flexibility index (Phi) is 5.96. The molecule has 1 aromatic carbocycles. The highest BCUT2D eigenvalue weighted by Gasteiger charge is 2.55. The van der Waals surface area contributed by atoms with E-state index in [0.717, 1.165) is 35.9 Å². The van der Waals surface area contributed by atoms with Crippen molar-refractivity contribution in [2.75, 3.05) is 24.9 Å². The maximum atomic E-state index is 15.2. The van der Waals surface area contributed by atoms with Gasteiger partial charge in [0.25, 0.3) is 5.56 Å². The molecule has 3 heterocycles. The van der Waals surface area contributed by atoms with Gasteiger partial charge in [-0.3, -0.25) is 14.3 Å². The highest BCUT2D eigenvalue weighted by molar-refractivity contribution is 6.31. The van der Waals surface area contributed by atoms with Crippen LogP contribution in [0.15, 0.2) is 40.2 Å². The number of rotatable bonds is 7. The molecule has 2 aromatic heterocycles. The van der Waals surface area contributed by atoms with E-state index >= 15 is 4.39 Å². The van der Waals surface area contributed by atoms with Gasteiger partial charge in [-0.15, -0.1) is 0 Å². The minimum atomic E-state index is -1.47. The van der Waals surface area contributed by atoms with Gasteiger partial charge in [-0.2, -0.15) is 10.2 Å². The first-order valence-electron chi connectivity index (χ1n) is 10.9. The van der Waals surface area contributed by atoms with E-state index in [1.54, 1.807) is 0 Å². The topological polar surface area (TPSA) is 106 Å². The van der Waals surface area contributed by atoms with Gasteiger partial charge in [-0.25, -0.2) is 22.5 Å². The predicted molar refractivity (Wildman–Crippen MR) is 123 cm³/mol. The Morgan fingerprint density at radius 1 is 1.25 bits per heavy atom. The van der Waals surface area contributed by atoms with Crippen LogP contribution in [0.25, 0.3) is 16.9 Å². The number of hydrogen-bond donors (Lipinski definition) is 0. The molecule has 2 fully saturated rings. The van der Waals surface area contributed by atoms with E-state index in [9.17, 15) is 23.6 Å². The summed E-state index contributed by atoms with van der Waals surface area (Å²) in [5.41, 5.74) is -3.26. The SMILES string of the molecule is N#CCn1c(N2CC(F)(C3CC3)C2)c(-c2ccc(F)c(Cl)c2)c(=O)n(-c2cncc(OCF)n2)c1=O. The lowest BCUT2D eigenvalue weighted by Gasteiger charge is -2.47. The smallest absolute Gasteiger partial charge is 0.339 e. The van der Waals surface area contributed by atoms with Gasteiger partial charge < -0.3 is 9.64 Å². The average molecular weight is 519 g/mol. The molecule has 0 N–H and O–H groups in total. The fourth-order valence-corrected chi connectivity index (χ4v) is 4.64. The van der Waals surface area contributed by atoms with Gasteiger partial charge in [-0.1, -0.05) is 17.7 Å². The van der Waals surface area contributed by atoms with Crippen molar-refractivity contribution >= 4 is 17.4 Å². The van der Waals surface area contributed by atoms with Crippen LogP contribution in [0.5, 0.6) is 5.88 Å². The third kappa shape index (κ3) is 3.99. The zero-order chi connectivity index (χ0) is 25.6. The summed E-state index contributed by atoms with van der Waals surface area (Å²) in [5.74, 6) is -1.37. The molecule has 1 saturated carbocycles. The standard InChI is InChI=1S/C23H18ClF3N6O3/c24-15-7-13(1-4-16(15)26)19-20(31-10-23(27,11-31)14-2-3-14)32(6-5-28)22(35)33(21(19)34)17-8-29-9-18(30-17)36-12-25/h1,4,7-9,14H,2-3,6,10-12H2. The minimum Gasteiger partial charge on any atom is -0.445 e. The Morgan fingerprint density at radius 3 is 2.64 bits per heavy atom. The maximum Gasteiger partial charge on any atom is 0.339 e. The van der Waals surface area contributed by atoms with Gasteiger partial charge in [0, 0.05) is 0 Å². The molecule has 13 heteroatoms.